The zero-order chi connectivity index (χ0) is 14.0. The molecule has 0 aliphatic heterocycles. The van der Waals surface area contributed by atoms with Crippen molar-refractivity contribution in [2.45, 2.75) is 6.54 Å². The van der Waals surface area contributed by atoms with Gasteiger partial charge in [-0.05, 0) is 0 Å². The Morgan fingerprint density at radius 1 is 1.26 bits per heavy atom. The fourth-order valence-electron chi connectivity index (χ4n) is 1.97. The summed E-state index contributed by atoms with van der Waals surface area (Å²) in [6.45, 7) is 1.73. The van der Waals surface area contributed by atoms with E-state index in [2.05, 4.69) is 10.3 Å². The van der Waals surface area contributed by atoms with Crippen LogP contribution in [0, 0.1) is 0 Å². The highest BCUT2D eigenvalue weighted by Gasteiger charge is 2.13. The first-order valence-corrected chi connectivity index (χ1v) is 6.00. The smallest absolute Gasteiger partial charge is 0.332 e. The molecule has 2 heterocycles. The predicted octanol–water partition coefficient (Wildman–Crippen LogP) is -1.98. The zero-order valence-electron chi connectivity index (χ0n) is 11.0. The molecule has 0 aromatic carbocycles. The number of aliphatic hydroxyl groups is 1. The average Bonchev–Trinajstić information content (AvgIpc) is 2.83. The van der Waals surface area contributed by atoms with Crippen LogP contribution in [0.25, 0.3) is 11.2 Å². The van der Waals surface area contributed by atoms with Gasteiger partial charge in [0.05, 0.1) is 12.9 Å². The summed E-state index contributed by atoms with van der Waals surface area (Å²) in [5.41, 5.74) is 0.0598. The third kappa shape index (κ3) is 2.32. The number of imidazole rings is 1. The van der Waals surface area contributed by atoms with Gasteiger partial charge in [-0.2, -0.15) is 0 Å². The van der Waals surface area contributed by atoms with Gasteiger partial charge in [-0.25, -0.2) is 9.78 Å². The molecule has 0 saturated heterocycles. The average molecular weight is 267 g/mol. The van der Waals surface area contributed by atoms with Crippen molar-refractivity contribution in [3.05, 3.63) is 27.2 Å². The largest absolute Gasteiger partial charge is 0.395 e. The second-order valence-corrected chi connectivity index (χ2v) is 4.29. The molecule has 0 spiro atoms. The first-order valence-electron chi connectivity index (χ1n) is 6.00. The topological polar surface area (TPSA) is 94.1 Å². The molecule has 2 aromatic heterocycles. The lowest BCUT2D eigenvalue weighted by atomic mass is 10.4. The minimum absolute atomic E-state index is 0.0704. The molecule has 0 unspecified atom stereocenters. The van der Waals surface area contributed by atoms with Crippen molar-refractivity contribution in [3.63, 3.8) is 0 Å². The predicted molar refractivity (Wildman–Crippen MR) is 70.2 cm³/mol. The highest BCUT2D eigenvalue weighted by Crippen LogP contribution is 2.04. The van der Waals surface area contributed by atoms with Crippen molar-refractivity contribution in [2.24, 2.45) is 14.1 Å². The van der Waals surface area contributed by atoms with E-state index in [1.807, 2.05) is 0 Å². The van der Waals surface area contributed by atoms with Crippen LogP contribution in [-0.4, -0.2) is 43.5 Å². The molecular weight excluding hydrogens is 250 g/mol. The van der Waals surface area contributed by atoms with Crippen molar-refractivity contribution in [3.8, 4) is 0 Å². The van der Waals surface area contributed by atoms with Gasteiger partial charge in [0.1, 0.15) is 0 Å². The van der Waals surface area contributed by atoms with E-state index in [0.29, 0.717) is 30.8 Å². The fraction of sp³-hybridized carbons (Fsp3) is 0.545. The Morgan fingerprint density at radius 3 is 2.68 bits per heavy atom. The van der Waals surface area contributed by atoms with Gasteiger partial charge in [0, 0.05) is 33.7 Å². The summed E-state index contributed by atoms with van der Waals surface area (Å²) in [7, 11) is 3.04. The Kier molecular flexibility index (Phi) is 3.82. The summed E-state index contributed by atoms with van der Waals surface area (Å²) in [5, 5.41) is 11.7. The third-order valence-electron chi connectivity index (χ3n) is 3.04. The molecule has 2 rings (SSSR count). The maximum Gasteiger partial charge on any atom is 0.332 e. The number of nitrogens with zero attached hydrogens (tertiary/aromatic N) is 4. The van der Waals surface area contributed by atoms with E-state index in [1.165, 1.54) is 11.6 Å². The van der Waals surface area contributed by atoms with Crippen LogP contribution in [0.3, 0.4) is 0 Å². The Labute approximate surface area is 108 Å². The summed E-state index contributed by atoms with van der Waals surface area (Å²) in [6.07, 6.45) is 1.55. The lowest BCUT2D eigenvalue weighted by Gasteiger charge is -2.07. The first-order chi connectivity index (χ1) is 9.07. The summed E-state index contributed by atoms with van der Waals surface area (Å²) in [5.74, 6) is 0. The Balaban J connectivity index is 2.43. The summed E-state index contributed by atoms with van der Waals surface area (Å²) >= 11 is 0. The van der Waals surface area contributed by atoms with Crippen LogP contribution >= 0.6 is 0 Å². The highest BCUT2D eigenvalue weighted by molar-refractivity contribution is 5.69. The number of fused-ring (bicyclic) bond motifs is 1. The molecule has 0 atom stereocenters. The molecular formula is C11H17N5O3. The van der Waals surface area contributed by atoms with Crippen LogP contribution in [0.2, 0.25) is 0 Å². The molecule has 0 aliphatic rings. The first kappa shape index (κ1) is 13.5. The second-order valence-electron chi connectivity index (χ2n) is 4.29. The van der Waals surface area contributed by atoms with Crippen molar-refractivity contribution >= 4 is 11.2 Å². The van der Waals surface area contributed by atoms with Gasteiger partial charge in [0.2, 0.25) is 0 Å². The lowest BCUT2D eigenvalue weighted by Crippen LogP contribution is -2.37. The minimum Gasteiger partial charge on any atom is -0.395 e. The number of aromatic nitrogens is 4. The molecule has 0 saturated carbocycles. The molecule has 0 radical (unpaired) electrons. The molecule has 8 nitrogen and oxygen atoms in total. The van der Waals surface area contributed by atoms with Crippen molar-refractivity contribution in [1.29, 1.82) is 0 Å². The normalized spacial score (nSPS) is 11.3. The van der Waals surface area contributed by atoms with Gasteiger partial charge in [-0.1, -0.05) is 0 Å². The number of aryl methyl sites for hydroxylation is 1. The molecule has 0 bridgehead atoms. The number of hydrogen-bond donors (Lipinski definition) is 2. The maximum absolute atomic E-state index is 12.1. The van der Waals surface area contributed by atoms with Crippen LogP contribution < -0.4 is 16.6 Å². The summed E-state index contributed by atoms with van der Waals surface area (Å²) in [4.78, 5) is 28.0. The summed E-state index contributed by atoms with van der Waals surface area (Å²) in [6, 6.07) is 0. The van der Waals surface area contributed by atoms with Gasteiger partial charge in [-0.3, -0.25) is 13.9 Å². The molecule has 0 fully saturated rings. The highest BCUT2D eigenvalue weighted by atomic mass is 16.3. The number of hydrogen-bond acceptors (Lipinski definition) is 5. The van der Waals surface area contributed by atoms with Gasteiger partial charge >= 0.3 is 5.69 Å². The van der Waals surface area contributed by atoms with E-state index in [9.17, 15) is 9.59 Å². The van der Waals surface area contributed by atoms with E-state index < -0.39 is 0 Å². The molecule has 2 N–H and O–H groups in total. The van der Waals surface area contributed by atoms with Gasteiger partial charge in [0.25, 0.3) is 5.56 Å². The standard InChI is InChI=1S/C11H17N5O3/c1-14-9-8(10(18)15(2)11(14)19)16(7-13-9)5-3-12-4-6-17/h7,12,17H,3-6H2,1-2H3. The van der Waals surface area contributed by atoms with Crippen LogP contribution in [0.5, 0.6) is 0 Å². The van der Waals surface area contributed by atoms with Gasteiger partial charge < -0.3 is 15.0 Å². The van der Waals surface area contributed by atoms with Crippen molar-refractivity contribution < 1.29 is 5.11 Å². The quantitative estimate of drug-likeness (QED) is 0.612. The van der Waals surface area contributed by atoms with Gasteiger partial charge in [-0.15, -0.1) is 0 Å². The molecule has 2 aromatic rings. The van der Waals surface area contributed by atoms with Crippen LogP contribution in [0.4, 0.5) is 0 Å². The maximum atomic E-state index is 12.1. The SMILES string of the molecule is Cn1c(=O)c2c(ncn2CCNCCO)n(C)c1=O. The van der Waals surface area contributed by atoms with E-state index in [0.717, 1.165) is 4.57 Å². The Hall–Kier alpha value is -1.93. The number of rotatable bonds is 5. The zero-order valence-corrected chi connectivity index (χ0v) is 11.0. The Bertz CT molecular complexity index is 697. The molecule has 8 heteroatoms. The van der Waals surface area contributed by atoms with E-state index in [1.54, 1.807) is 17.9 Å². The Morgan fingerprint density at radius 2 is 2.00 bits per heavy atom. The van der Waals surface area contributed by atoms with E-state index >= 15 is 0 Å². The second kappa shape index (κ2) is 5.37. The monoisotopic (exact) mass is 267 g/mol. The van der Waals surface area contributed by atoms with E-state index in [-0.39, 0.29) is 17.9 Å². The molecule has 0 amide bonds. The molecule has 19 heavy (non-hydrogen) atoms. The summed E-state index contributed by atoms with van der Waals surface area (Å²) < 4.78 is 4.14. The molecule has 104 valence electrons. The van der Waals surface area contributed by atoms with Crippen molar-refractivity contribution in [2.75, 3.05) is 19.7 Å². The molecule has 0 aliphatic carbocycles. The van der Waals surface area contributed by atoms with Crippen LogP contribution in [-0.2, 0) is 20.6 Å². The van der Waals surface area contributed by atoms with Crippen LogP contribution in [0.15, 0.2) is 15.9 Å². The fourth-order valence-corrected chi connectivity index (χ4v) is 1.97. The number of aliphatic hydroxyl groups excluding tert-OH is 1. The number of nitrogens with one attached hydrogen (secondary N) is 1. The van der Waals surface area contributed by atoms with Crippen LogP contribution in [0.1, 0.15) is 0 Å². The van der Waals surface area contributed by atoms with Crippen molar-refractivity contribution in [1.82, 2.24) is 24.0 Å². The van der Waals surface area contributed by atoms with Gasteiger partial charge in [0.15, 0.2) is 11.2 Å². The minimum atomic E-state index is -0.388. The lowest BCUT2D eigenvalue weighted by molar-refractivity contribution is 0.291. The van der Waals surface area contributed by atoms with E-state index in [4.69, 9.17) is 5.11 Å². The third-order valence-corrected chi connectivity index (χ3v) is 3.04.